The summed E-state index contributed by atoms with van der Waals surface area (Å²) in [6.07, 6.45) is 9.28. The largest absolute Gasteiger partial charge is 0.508 e. The summed E-state index contributed by atoms with van der Waals surface area (Å²) in [5.74, 6) is 0. The van der Waals surface area contributed by atoms with E-state index >= 15 is 0 Å². The van der Waals surface area contributed by atoms with E-state index in [0.717, 1.165) is 12.8 Å². The van der Waals surface area contributed by atoms with E-state index in [-0.39, 0.29) is 0 Å². The number of hydrogen-bond donors (Lipinski definition) is 0. The second kappa shape index (κ2) is 10.2. The molecule has 0 aromatic carbocycles. The zero-order valence-electron chi connectivity index (χ0n) is 12.6. The van der Waals surface area contributed by atoms with E-state index in [1.807, 2.05) is 13.8 Å². The lowest BCUT2D eigenvalue weighted by molar-refractivity contribution is -0.0195. The van der Waals surface area contributed by atoms with Crippen molar-refractivity contribution < 1.29 is 14.3 Å². The van der Waals surface area contributed by atoms with Crippen LogP contribution in [-0.4, -0.2) is 18.4 Å². The molecule has 0 bridgehead atoms. The van der Waals surface area contributed by atoms with Gasteiger partial charge in [-0.05, 0) is 33.6 Å². The van der Waals surface area contributed by atoms with Gasteiger partial charge in [0.05, 0.1) is 6.61 Å². The van der Waals surface area contributed by atoms with Crippen molar-refractivity contribution in [2.45, 2.75) is 84.7 Å². The van der Waals surface area contributed by atoms with Gasteiger partial charge in [-0.25, -0.2) is 4.79 Å². The van der Waals surface area contributed by atoms with Gasteiger partial charge in [0.25, 0.3) is 0 Å². The van der Waals surface area contributed by atoms with Gasteiger partial charge >= 0.3 is 6.16 Å². The molecule has 0 unspecified atom stereocenters. The summed E-state index contributed by atoms with van der Waals surface area (Å²) in [6, 6.07) is 0. The van der Waals surface area contributed by atoms with Crippen LogP contribution in [0.25, 0.3) is 0 Å². The van der Waals surface area contributed by atoms with Gasteiger partial charge in [0.1, 0.15) is 5.60 Å². The molecule has 0 fully saturated rings. The molecule has 0 aliphatic heterocycles. The minimum absolute atomic E-state index is 0.367. The Hall–Kier alpha value is -0.730. The Balaban J connectivity index is 3.54. The van der Waals surface area contributed by atoms with Gasteiger partial charge in [-0.3, -0.25) is 0 Å². The molecule has 0 spiro atoms. The van der Waals surface area contributed by atoms with Gasteiger partial charge in [0.2, 0.25) is 0 Å². The summed E-state index contributed by atoms with van der Waals surface area (Å²) in [6.45, 7) is 8.27. The number of rotatable bonds is 10. The lowest BCUT2D eigenvalue weighted by Gasteiger charge is -2.24. The first-order chi connectivity index (χ1) is 8.52. The quantitative estimate of drug-likeness (QED) is 0.405. The fourth-order valence-corrected chi connectivity index (χ4v) is 1.93. The van der Waals surface area contributed by atoms with Crippen molar-refractivity contribution in [2.75, 3.05) is 6.61 Å². The predicted molar refractivity (Wildman–Crippen MR) is 74.8 cm³/mol. The second-order valence-corrected chi connectivity index (χ2v) is 5.42. The molecule has 0 aliphatic rings. The third kappa shape index (κ3) is 10.4. The molecule has 0 aromatic heterocycles. The minimum Gasteiger partial charge on any atom is -0.435 e. The Morgan fingerprint density at radius 1 is 0.944 bits per heavy atom. The smallest absolute Gasteiger partial charge is 0.435 e. The Morgan fingerprint density at radius 3 is 2.06 bits per heavy atom. The van der Waals surface area contributed by atoms with E-state index in [1.165, 1.54) is 38.5 Å². The summed E-state index contributed by atoms with van der Waals surface area (Å²) in [7, 11) is 0. The van der Waals surface area contributed by atoms with E-state index in [9.17, 15) is 4.79 Å². The van der Waals surface area contributed by atoms with Gasteiger partial charge < -0.3 is 9.47 Å². The summed E-state index contributed by atoms with van der Waals surface area (Å²) in [4.78, 5) is 11.2. The van der Waals surface area contributed by atoms with Crippen LogP contribution in [0, 0.1) is 0 Å². The maximum atomic E-state index is 11.2. The maximum absolute atomic E-state index is 11.2. The Kier molecular flexibility index (Phi) is 9.80. The van der Waals surface area contributed by atoms with Gasteiger partial charge in [0.15, 0.2) is 0 Å². The molecule has 18 heavy (non-hydrogen) atoms. The lowest BCUT2D eigenvalue weighted by atomic mass is 9.99. The SMILES string of the molecule is CCCCCCCCCC(C)(C)OC(=O)OCC. The highest BCUT2D eigenvalue weighted by Crippen LogP contribution is 2.20. The normalized spacial score (nSPS) is 11.3. The van der Waals surface area contributed by atoms with E-state index in [1.54, 1.807) is 6.92 Å². The molecule has 0 amide bonds. The van der Waals surface area contributed by atoms with Crippen LogP contribution < -0.4 is 0 Å². The van der Waals surface area contributed by atoms with E-state index in [2.05, 4.69) is 6.92 Å². The molecular formula is C15H30O3. The zero-order chi connectivity index (χ0) is 13.9. The molecule has 0 rings (SSSR count). The van der Waals surface area contributed by atoms with Gasteiger partial charge in [-0.2, -0.15) is 0 Å². The second-order valence-electron chi connectivity index (χ2n) is 5.42. The van der Waals surface area contributed by atoms with Crippen LogP contribution in [0.4, 0.5) is 4.79 Å². The van der Waals surface area contributed by atoms with Crippen LogP contribution in [0.1, 0.15) is 79.1 Å². The molecule has 0 aliphatic carbocycles. The van der Waals surface area contributed by atoms with Crippen molar-refractivity contribution >= 4 is 6.16 Å². The molecule has 0 radical (unpaired) electrons. The van der Waals surface area contributed by atoms with Crippen LogP contribution in [-0.2, 0) is 9.47 Å². The fraction of sp³-hybridized carbons (Fsp3) is 0.933. The monoisotopic (exact) mass is 258 g/mol. The first-order valence-electron chi connectivity index (χ1n) is 7.37. The van der Waals surface area contributed by atoms with Crippen molar-refractivity contribution in [1.29, 1.82) is 0 Å². The average molecular weight is 258 g/mol. The van der Waals surface area contributed by atoms with E-state index in [0.29, 0.717) is 6.61 Å². The van der Waals surface area contributed by atoms with Crippen LogP contribution in [0.3, 0.4) is 0 Å². The summed E-state index contributed by atoms with van der Waals surface area (Å²) in [5.41, 5.74) is -0.407. The van der Waals surface area contributed by atoms with Crippen LogP contribution in [0.15, 0.2) is 0 Å². The Labute approximate surface area is 112 Å². The third-order valence-corrected chi connectivity index (χ3v) is 3.00. The highest BCUT2D eigenvalue weighted by atomic mass is 16.7. The summed E-state index contributed by atoms with van der Waals surface area (Å²) in [5, 5.41) is 0. The van der Waals surface area contributed by atoms with E-state index < -0.39 is 11.8 Å². The highest BCUT2D eigenvalue weighted by molar-refractivity contribution is 5.60. The van der Waals surface area contributed by atoms with Crippen molar-refractivity contribution in [2.24, 2.45) is 0 Å². The first kappa shape index (κ1) is 17.3. The molecule has 0 saturated carbocycles. The van der Waals surface area contributed by atoms with Crippen LogP contribution in [0.2, 0.25) is 0 Å². The van der Waals surface area contributed by atoms with Crippen molar-refractivity contribution in [3.63, 3.8) is 0 Å². The summed E-state index contributed by atoms with van der Waals surface area (Å²) >= 11 is 0. The van der Waals surface area contributed by atoms with E-state index in [4.69, 9.17) is 9.47 Å². The average Bonchev–Trinajstić information content (AvgIpc) is 2.27. The standard InChI is InChI=1S/C15H30O3/c1-5-7-8-9-10-11-12-13-15(3,4)18-14(16)17-6-2/h5-13H2,1-4H3. The molecule has 108 valence electrons. The summed E-state index contributed by atoms with van der Waals surface area (Å²) < 4.78 is 10.1. The third-order valence-electron chi connectivity index (χ3n) is 3.00. The van der Waals surface area contributed by atoms with Crippen molar-refractivity contribution in [1.82, 2.24) is 0 Å². The minimum atomic E-state index is -0.551. The molecular weight excluding hydrogens is 228 g/mol. The maximum Gasteiger partial charge on any atom is 0.508 e. The highest BCUT2D eigenvalue weighted by Gasteiger charge is 2.22. The van der Waals surface area contributed by atoms with Crippen LogP contribution >= 0.6 is 0 Å². The molecule has 0 aromatic rings. The topological polar surface area (TPSA) is 35.5 Å². The number of hydrogen-bond acceptors (Lipinski definition) is 3. The van der Waals surface area contributed by atoms with Crippen LogP contribution in [0.5, 0.6) is 0 Å². The van der Waals surface area contributed by atoms with Crippen molar-refractivity contribution in [3.8, 4) is 0 Å². The Bertz CT molecular complexity index is 212. The zero-order valence-corrected chi connectivity index (χ0v) is 12.6. The molecule has 3 nitrogen and oxygen atoms in total. The molecule has 3 heteroatoms. The number of ether oxygens (including phenoxy) is 2. The number of carbonyl (C=O) groups is 1. The van der Waals surface area contributed by atoms with Gasteiger partial charge in [0, 0.05) is 0 Å². The first-order valence-corrected chi connectivity index (χ1v) is 7.37. The number of carbonyl (C=O) groups excluding carboxylic acids is 1. The van der Waals surface area contributed by atoms with Crippen molar-refractivity contribution in [3.05, 3.63) is 0 Å². The molecule has 0 saturated heterocycles. The van der Waals surface area contributed by atoms with Gasteiger partial charge in [-0.1, -0.05) is 45.4 Å². The molecule has 0 N–H and O–H groups in total. The lowest BCUT2D eigenvalue weighted by Crippen LogP contribution is -2.28. The predicted octanol–water partition coefficient (Wildman–Crippen LogP) is 5.08. The van der Waals surface area contributed by atoms with Gasteiger partial charge in [-0.15, -0.1) is 0 Å². The number of unbranched alkanes of at least 4 members (excludes halogenated alkanes) is 6. The molecule has 0 heterocycles. The molecule has 0 atom stereocenters. The Morgan fingerprint density at radius 2 is 1.50 bits per heavy atom. The fourth-order valence-electron chi connectivity index (χ4n) is 1.93.